The average molecular weight is 414 g/mol. The number of nitrogens with zero attached hydrogens (tertiary/aromatic N) is 4. The van der Waals surface area contributed by atoms with Crippen molar-refractivity contribution in [3.8, 4) is 0 Å². The summed E-state index contributed by atoms with van der Waals surface area (Å²) in [6.45, 7) is 2.87. The first-order chi connectivity index (χ1) is 13.8. The second-order valence-corrected chi connectivity index (χ2v) is 7.57. The highest BCUT2D eigenvalue weighted by Gasteiger charge is 2.18. The Morgan fingerprint density at radius 2 is 1.96 bits per heavy atom. The molecular weight excluding hydrogens is 394 g/mol. The van der Waals surface area contributed by atoms with Crippen molar-refractivity contribution in [2.24, 2.45) is 4.99 Å². The molecule has 2 aromatic carbocycles. The van der Waals surface area contributed by atoms with E-state index in [-0.39, 0.29) is 11.7 Å². The number of rotatable bonds is 4. The van der Waals surface area contributed by atoms with Crippen LogP contribution in [0.1, 0.15) is 0 Å². The molecule has 7 nitrogen and oxygen atoms in total. The number of thioether (sulfide) groups is 1. The van der Waals surface area contributed by atoms with Gasteiger partial charge in [-0.25, -0.2) is 4.99 Å². The molecule has 0 saturated carbocycles. The van der Waals surface area contributed by atoms with Gasteiger partial charge in [-0.1, -0.05) is 36.0 Å². The van der Waals surface area contributed by atoms with Crippen molar-refractivity contribution in [3.63, 3.8) is 0 Å². The third-order valence-corrected chi connectivity index (χ3v) is 5.71. The van der Waals surface area contributed by atoms with Crippen LogP contribution in [0.4, 0.5) is 11.4 Å². The highest BCUT2D eigenvalue weighted by molar-refractivity contribution is 8.14. The van der Waals surface area contributed by atoms with Crippen LogP contribution in [0.5, 0.6) is 0 Å². The van der Waals surface area contributed by atoms with Gasteiger partial charge in [0.1, 0.15) is 11.0 Å². The summed E-state index contributed by atoms with van der Waals surface area (Å²) < 4.78 is 13.9. The lowest BCUT2D eigenvalue weighted by Crippen LogP contribution is -2.39. The maximum atomic E-state index is 12.5. The zero-order valence-electron chi connectivity index (χ0n) is 15.1. The molecule has 0 atom stereocenters. The van der Waals surface area contributed by atoms with E-state index in [1.54, 1.807) is 0 Å². The molecule has 1 fully saturated rings. The number of aromatic nitrogens is 2. The molecule has 0 aliphatic carbocycles. The number of fused-ring (bicyclic) bond motifs is 1. The number of para-hydroxylation sites is 1. The quantitative estimate of drug-likeness (QED) is 0.522. The molecule has 9 heteroatoms. The van der Waals surface area contributed by atoms with Crippen LogP contribution in [0.3, 0.4) is 0 Å². The van der Waals surface area contributed by atoms with Crippen LogP contribution < -0.4 is 5.32 Å². The lowest BCUT2D eigenvalue weighted by Gasteiger charge is -2.29. The first kappa shape index (κ1) is 18.9. The Bertz CT molecular complexity index is 971. The zero-order chi connectivity index (χ0) is 19.2. The molecule has 0 radical (unpaired) electrons. The van der Waals surface area contributed by atoms with Gasteiger partial charge >= 0.3 is 0 Å². The fraction of sp³-hybridized carbons (Fsp3) is 0.263. The number of nitrogens with one attached hydrogen (secondary N) is 1. The normalized spacial score (nSPS) is 15.0. The number of benzene rings is 2. The minimum Gasteiger partial charge on any atom is -0.378 e. The van der Waals surface area contributed by atoms with Crippen LogP contribution in [0.2, 0.25) is 0 Å². The van der Waals surface area contributed by atoms with Crippen molar-refractivity contribution in [1.29, 1.82) is 0 Å². The Morgan fingerprint density at radius 3 is 2.79 bits per heavy atom. The highest BCUT2D eigenvalue weighted by Crippen LogP contribution is 2.22. The number of hydrogen-bond donors (Lipinski definition) is 1. The van der Waals surface area contributed by atoms with E-state index in [1.807, 2.05) is 48.5 Å². The fourth-order valence-electron chi connectivity index (χ4n) is 2.79. The van der Waals surface area contributed by atoms with Crippen LogP contribution in [0.15, 0.2) is 53.5 Å². The van der Waals surface area contributed by atoms with Crippen LogP contribution in [0, 0.1) is 0 Å². The number of hydrogen-bond acceptors (Lipinski definition) is 7. The molecule has 1 N–H and O–H groups in total. The summed E-state index contributed by atoms with van der Waals surface area (Å²) in [6.07, 6.45) is 0. The molecule has 4 rings (SSSR count). The molecule has 2 heterocycles. The molecule has 1 aromatic heterocycles. The topological polar surface area (TPSA) is 79.7 Å². The van der Waals surface area contributed by atoms with Gasteiger partial charge in [-0.05, 0) is 24.3 Å². The molecule has 3 aromatic rings. The Kier molecular flexibility index (Phi) is 6.15. The summed E-state index contributed by atoms with van der Waals surface area (Å²) in [7, 11) is 0. The Labute approximate surface area is 171 Å². The fourth-order valence-corrected chi connectivity index (χ4v) is 4.20. The molecule has 1 aliphatic heterocycles. The number of amides is 1. The van der Waals surface area contributed by atoms with Gasteiger partial charge in [-0.3, -0.25) is 4.79 Å². The lowest BCUT2D eigenvalue weighted by molar-refractivity contribution is -0.113. The predicted molar refractivity (Wildman–Crippen MR) is 114 cm³/mol. The van der Waals surface area contributed by atoms with E-state index in [0.29, 0.717) is 18.9 Å². The Hall–Kier alpha value is -2.49. The Balaban J connectivity index is 1.45. The van der Waals surface area contributed by atoms with Crippen LogP contribution in [-0.4, -0.2) is 56.8 Å². The second-order valence-electron chi connectivity index (χ2n) is 6.10. The maximum Gasteiger partial charge on any atom is 0.234 e. The first-order valence-corrected chi connectivity index (χ1v) is 10.6. The van der Waals surface area contributed by atoms with Crippen molar-refractivity contribution < 1.29 is 9.53 Å². The van der Waals surface area contributed by atoms with Crippen molar-refractivity contribution in [2.45, 2.75) is 0 Å². The second kappa shape index (κ2) is 9.13. The van der Waals surface area contributed by atoms with Gasteiger partial charge in [-0.15, -0.1) is 0 Å². The summed E-state index contributed by atoms with van der Waals surface area (Å²) in [6, 6.07) is 15.4. The Morgan fingerprint density at radius 1 is 1.14 bits per heavy atom. The summed E-state index contributed by atoms with van der Waals surface area (Å²) >= 11 is 2.57. The average Bonchev–Trinajstić information content (AvgIpc) is 3.22. The highest BCUT2D eigenvalue weighted by atomic mass is 32.2. The molecule has 0 unspecified atom stereocenters. The van der Waals surface area contributed by atoms with Crippen LogP contribution in [-0.2, 0) is 9.53 Å². The molecule has 1 saturated heterocycles. The predicted octanol–water partition coefficient (Wildman–Crippen LogP) is 3.38. The number of carbonyl (C=O) groups is 1. The van der Waals surface area contributed by atoms with Crippen molar-refractivity contribution in [2.75, 3.05) is 37.4 Å². The van der Waals surface area contributed by atoms with Gasteiger partial charge in [0.25, 0.3) is 0 Å². The number of morpholine rings is 1. The van der Waals surface area contributed by atoms with Crippen molar-refractivity contribution in [1.82, 2.24) is 13.6 Å². The summed E-state index contributed by atoms with van der Waals surface area (Å²) in [5.74, 6) is 0.163. The number of anilines is 1. The van der Waals surface area contributed by atoms with Crippen molar-refractivity contribution in [3.05, 3.63) is 48.5 Å². The standard InChI is InChI=1S/C19H19N5O2S2/c25-17(21-15-7-4-8-16-18(15)23-28-22-16)13-27-19(24-9-11-26-12-10-24)20-14-5-2-1-3-6-14/h1-8H,9-13H2,(H,21,25). The lowest BCUT2D eigenvalue weighted by atomic mass is 10.2. The minimum absolute atomic E-state index is 0.0977. The van der Waals surface area contributed by atoms with Gasteiger partial charge in [0, 0.05) is 13.1 Å². The summed E-state index contributed by atoms with van der Waals surface area (Å²) in [5.41, 5.74) is 3.06. The monoisotopic (exact) mass is 413 g/mol. The molecule has 1 amide bonds. The van der Waals surface area contributed by atoms with E-state index in [2.05, 4.69) is 19.0 Å². The summed E-state index contributed by atoms with van der Waals surface area (Å²) in [5, 5.41) is 3.77. The van der Waals surface area contributed by atoms with Gasteiger partial charge in [-0.2, -0.15) is 8.75 Å². The SMILES string of the molecule is O=C(CSC(=Nc1ccccc1)N1CCOCC1)Nc1cccc2nsnc12. The molecule has 0 spiro atoms. The van der Waals surface area contributed by atoms with E-state index in [4.69, 9.17) is 9.73 Å². The van der Waals surface area contributed by atoms with E-state index >= 15 is 0 Å². The van der Waals surface area contributed by atoms with E-state index in [9.17, 15) is 4.79 Å². The molecule has 0 bridgehead atoms. The maximum absolute atomic E-state index is 12.5. The number of carbonyl (C=O) groups excluding carboxylic acids is 1. The molecule has 1 aliphatic rings. The smallest absolute Gasteiger partial charge is 0.234 e. The van der Waals surface area contributed by atoms with E-state index in [1.165, 1.54) is 11.8 Å². The third-order valence-electron chi connectivity index (χ3n) is 4.16. The summed E-state index contributed by atoms with van der Waals surface area (Å²) in [4.78, 5) is 19.5. The number of aliphatic imine (C=N–C) groups is 1. The largest absolute Gasteiger partial charge is 0.378 e. The van der Waals surface area contributed by atoms with Gasteiger partial charge in [0.05, 0.1) is 42.1 Å². The minimum atomic E-state index is -0.0977. The first-order valence-electron chi connectivity index (χ1n) is 8.90. The number of amidine groups is 1. The molecule has 144 valence electrons. The van der Waals surface area contributed by atoms with Gasteiger partial charge < -0.3 is 15.0 Å². The van der Waals surface area contributed by atoms with Gasteiger partial charge in [0.2, 0.25) is 5.91 Å². The van der Waals surface area contributed by atoms with Crippen LogP contribution >= 0.6 is 23.5 Å². The van der Waals surface area contributed by atoms with E-state index in [0.717, 1.165) is 46.7 Å². The zero-order valence-corrected chi connectivity index (χ0v) is 16.7. The van der Waals surface area contributed by atoms with Crippen LogP contribution in [0.25, 0.3) is 11.0 Å². The van der Waals surface area contributed by atoms with E-state index < -0.39 is 0 Å². The third kappa shape index (κ3) is 4.67. The molecular formula is C19H19N5O2S2. The number of ether oxygens (including phenoxy) is 1. The van der Waals surface area contributed by atoms with Crippen molar-refractivity contribution >= 4 is 57.0 Å². The molecule has 28 heavy (non-hydrogen) atoms. The van der Waals surface area contributed by atoms with Gasteiger partial charge in [0.15, 0.2) is 5.17 Å².